The van der Waals surface area contributed by atoms with Gasteiger partial charge in [-0.1, -0.05) is 34.6 Å². The Labute approximate surface area is 87.6 Å². The van der Waals surface area contributed by atoms with E-state index in [9.17, 15) is 4.79 Å². The van der Waals surface area contributed by atoms with Gasteiger partial charge in [-0.25, -0.2) is 0 Å². The van der Waals surface area contributed by atoms with Crippen LogP contribution in [0.2, 0.25) is 0 Å². The summed E-state index contributed by atoms with van der Waals surface area (Å²) in [7, 11) is 0. The first-order chi connectivity index (χ1) is 6.43. The van der Waals surface area contributed by atoms with E-state index in [0.29, 0.717) is 24.4 Å². The van der Waals surface area contributed by atoms with E-state index in [1.165, 1.54) is 0 Å². The standard InChI is InChI=1S/C11H24N2O/c1-8(2)10(5)6-13-11(14)7-12-9(3)4/h8-10,12H,6-7H2,1-5H3,(H,13,14). The van der Waals surface area contributed by atoms with Gasteiger partial charge in [0.05, 0.1) is 6.54 Å². The highest BCUT2D eigenvalue weighted by atomic mass is 16.1. The van der Waals surface area contributed by atoms with Crippen molar-refractivity contribution in [1.82, 2.24) is 10.6 Å². The number of amides is 1. The molecule has 0 saturated carbocycles. The van der Waals surface area contributed by atoms with Crippen LogP contribution < -0.4 is 10.6 Å². The largest absolute Gasteiger partial charge is 0.355 e. The number of nitrogens with one attached hydrogen (secondary N) is 2. The molecule has 0 fully saturated rings. The molecule has 1 amide bonds. The maximum atomic E-state index is 11.3. The van der Waals surface area contributed by atoms with E-state index in [2.05, 4.69) is 31.4 Å². The molecule has 0 aromatic heterocycles. The monoisotopic (exact) mass is 200 g/mol. The van der Waals surface area contributed by atoms with E-state index in [1.807, 2.05) is 13.8 Å². The van der Waals surface area contributed by atoms with Gasteiger partial charge in [0.2, 0.25) is 5.91 Å². The molecule has 0 spiro atoms. The Morgan fingerprint density at radius 1 is 1.14 bits per heavy atom. The topological polar surface area (TPSA) is 41.1 Å². The first-order valence-electron chi connectivity index (χ1n) is 5.43. The van der Waals surface area contributed by atoms with Crippen molar-refractivity contribution in [2.45, 2.75) is 40.7 Å². The van der Waals surface area contributed by atoms with Gasteiger partial charge in [0.15, 0.2) is 0 Å². The fourth-order valence-corrected chi connectivity index (χ4v) is 0.870. The molecule has 3 heteroatoms. The summed E-state index contributed by atoms with van der Waals surface area (Å²) in [5.74, 6) is 1.25. The molecule has 0 aliphatic heterocycles. The summed E-state index contributed by atoms with van der Waals surface area (Å²) < 4.78 is 0. The summed E-state index contributed by atoms with van der Waals surface area (Å²) >= 11 is 0. The predicted octanol–water partition coefficient (Wildman–Crippen LogP) is 1.39. The number of carbonyl (C=O) groups excluding carboxylic acids is 1. The van der Waals surface area contributed by atoms with Crippen LogP contribution in [0.3, 0.4) is 0 Å². The Balaban J connectivity index is 3.54. The minimum Gasteiger partial charge on any atom is -0.355 e. The predicted molar refractivity (Wildman–Crippen MR) is 60.2 cm³/mol. The molecule has 0 aromatic carbocycles. The van der Waals surface area contributed by atoms with Gasteiger partial charge in [0, 0.05) is 12.6 Å². The second kappa shape index (κ2) is 6.82. The molecule has 0 aliphatic rings. The lowest BCUT2D eigenvalue weighted by molar-refractivity contribution is -0.120. The molecule has 0 heterocycles. The molecule has 3 nitrogen and oxygen atoms in total. The van der Waals surface area contributed by atoms with Gasteiger partial charge in [-0.3, -0.25) is 4.79 Å². The van der Waals surface area contributed by atoms with Crippen molar-refractivity contribution >= 4 is 5.91 Å². The van der Waals surface area contributed by atoms with Crippen molar-refractivity contribution in [2.24, 2.45) is 11.8 Å². The average molecular weight is 200 g/mol. The Bertz CT molecular complexity index is 167. The van der Waals surface area contributed by atoms with Crippen LogP contribution in [0.5, 0.6) is 0 Å². The van der Waals surface area contributed by atoms with E-state index in [4.69, 9.17) is 0 Å². The van der Waals surface area contributed by atoms with Crippen LogP contribution in [0, 0.1) is 11.8 Å². The Morgan fingerprint density at radius 3 is 2.14 bits per heavy atom. The maximum absolute atomic E-state index is 11.3. The molecule has 2 N–H and O–H groups in total. The zero-order valence-electron chi connectivity index (χ0n) is 10.1. The molecule has 84 valence electrons. The van der Waals surface area contributed by atoms with Gasteiger partial charge < -0.3 is 10.6 Å². The molecule has 0 rings (SSSR count). The van der Waals surface area contributed by atoms with Crippen LogP contribution in [0.4, 0.5) is 0 Å². The molecular weight excluding hydrogens is 176 g/mol. The van der Waals surface area contributed by atoms with Gasteiger partial charge >= 0.3 is 0 Å². The summed E-state index contributed by atoms with van der Waals surface area (Å²) in [6.07, 6.45) is 0. The van der Waals surface area contributed by atoms with Crippen LogP contribution in [-0.4, -0.2) is 25.0 Å². The van der Waals surface area contributed by atoms with Crippen molar-refractivity contribution in [3.63, 3.8) is 0 Å². The molecule has 0 bridgehead atoms. The Morgan fingerprint density at radius 2 is 1.71 bits per heavy atom. The highest BCUT2D eigenvalue weighted by Gasteiger charge is 2.08. The summed E-state index contributed by atoms with van der Waals surface area (Å²) in [5, 5.41) is 6.00. The molecule has 1 atom stereocenters. The third-order valence-corrected chi connectivity index (χ3v) is 2.43. The smallest absolute Gasteiger partial charge is 0.233 e. The summed E-state index contributed by atoms with van der Waals surface area (Å²) in [4.78, 5) is 11.3. The highest BCUT2D eigenvalue weighted by molar-refractivity contribution is 5.77. The molecular formula is C11H24N2O. The lowest BCUT2D eigenvalue weighted by Gasteiger charge is -2.16. The number of hydrogen-bond donors (Lipinski definition) is 2. The quantitative estimate of drug-likeness (QED) is 0.680. The van der Waals surface area contributed by atoms with Crippen molar-refractivity contribution in [3.05, 3.63) is 0 Å². The van der Waals surface area contributed by atoms with Crippen LogP contribution in [0.1, 0.15) is 34.6 Å². The van der Waals surface area contributed by atoms with Crippen LogP contribution in [0.15, 0.2) is 0 Å². The summed E-state index contributed by atoms with van der Waals surface area (Å²) in [6, 6.07) is 0.364. The summed E-state index contributed by atoms with van der Waals surface area (Å²) in [6.45, 7) is 11.8. The van der Waals surface area contributed by atoms with Gasteiger partial charge in [0.25, 0.3) is 0 Å². The number of hydrogen-bond acceptors (Lipinski definition) is 2. The SMILES string of the molecule is CC(C)NCC(=O)NCC(C)C(C)C. The Kier molecular flexibility index (Phi) is 6.54. The fourth-order valence-electron chi connectivity index (χ4n) is 0.870. The molecule has 1 unspecified atom stereocenters. The zero-order valence-corrected chi connectivity index (χ0v) is 10.1. The molecule has 0 aliphatic carbocycles. The lowest BCUT2D eigenvalue weighted by atomic mass is 9.98. The van der Waals surface area contributed by atoms with E-state index in [1.54, 1.807) is 0 Å². The number of rotatable bonds is 6. The van der Waals surface area contributed by atoms with Gasteiger partial charge in [-0.2, -0.15) is 0 Å². The van der Waals surface area contributed by atoms with E-state index in [-0.39, 0.29) is 5.91 Å². The molecule has 14 heavy (non-hydrogen) atoms. The van der Waals surface area contributed by atoms with Crippen molar-refractivity contribution in [2.75, 3.05) is 13.1 Å². The van der Waals surface area contributed by atoms with Crippen LogP contribution in [0.25, 0.3) is 0 Å². The normalized spacial score (nSPS) is 13.4. The maximum Gasteiger partial charge on any atom is 0.233 e. The number of carbonyl (C=O) groups is 1. The van der Waals surface area contributed by atoms with E-state index >= 15 is 0 Å². The third kappa shape index (κ3) is 6.89. The first-order valence-corrected chi connectivity index (χ1v) is 5.43. The molecule has 0 saturated heterocycles. The average Bonchev–Trinajstić information content (AvgIpc) is 2.10. The van der Waals surface area contributed by atoms with Crippen molar-refractivity contribution in [1.29, 1.82) is 0 Å². The van der Waals surface area contributed by atoms with E-state index < -0.39 is 0 Å². The highest BCUT2D eigenvalue weighted by Crippen LogP contribution is 2.07. The van der Waals surface area contributed by atoms with Gasteiger partial charge in [-0.05, 0) is 11.8 Å². The minimum absolute atomic E-state index is 0.0891. The zero-order chi connectivity index (χ0) is 11.1. The molecule has 0 radical (unpaired) electrons. The Hall–Kier alpha value is -0.570. The van der Waals surface area contributed by atoms with Crippen molar-refractivity contribution < 1.29 is 4.79 Å². The summed E-state index contributed by atoms with van der Waals surface area (Å²) in [5.41, 5.74) is 0. The molecule has 0 aromatic rings. The minimum atomic E-state index is 0.0891. The second-order valence-electron chi connectivity index (χ2n) is 4.56. The fraction of sp³-hybridized carbons (Fsp3) is 0.909. The first kappa shape index (κ1) is 13.4. The van der Waals surface area contributed by atoms with Crippen LogP contribution in [-0.2, 0) is 4.79 Å². The third-order valence-electron chi connectivity index (χ3n) is 2.43. The second-order valence-corrected chi connectivity index (χ2v) is 4.56. The van der Waals surface area contributed by atoms with Crippen molar-refractivity contribution in [3.8, 4) is 0 Å². The van der Waals surface area contributed by atoms with Crippen LogP contribution >= 0.6 is 0 Å². The lowest BCUT2D eigenvalue weighted by Crippen LogP contribution is -2.39. The van der Waals surface area contributed by atoms with Gasteiger partial charge in [0.1, 0.15) is 0 Å². The van der Waals surface area contributed by atoms with E-state index in [0.717, 1.165) is 6.54 Å². The van der Waals surface area contributed by atoms with Gasteiger partial charge in [-0.15, -0.1) is 0 Å².